The maximum absolute atomic E-state index is 6.15. The maximum atomic E-state index is 6.15. The minimum atomic E-state index is 0.763. The molecule has 0 unspecified atom stereocenters. The zero-order valence-corrected chi connectivity index (χ0v) is 9.15. The molecule has 0 bridgehead atoms. The molecule has 2 nitrogen and oxygen atoms in total. The van der Waals surface area contributed by atoms with Gasteiger partial charge in [0.25, 0.3) is 0 Å². The van der Waals surface area contributed by atoms with Gasteiger partial charge in [-0.15, -0.1) is 0 Å². The third kappa shape index (κ3) is 1.39. The Kier molecular flexibility index (Phi) is 2.15. The van der Waals surface area contributed by atoms with Gasteiger partial charge >= 0.3 is 0 Å². The molecule has 1 aliphatic rings. The highest BCUT2D eigenvalue weighted by atomic mass is 35.5. The molecule has 77 valence electrons. The first-order valence-electron chi connectivity index (χ1n) is 4.98. The molecule has 1 heterocycles. The molecule has 0 aliphatic carbocycles. The van der Waals surface area contributed by atoms with E-state index in [0.717, 1.165) is 27.1 Å². The van der Waals surface area contributed by atoms with Crippen LogP contribution in [0.2, 0.25) is 5.02 Å². The molecule has 0 spiro atoms. The van der Waals surface area contributed by atoms with Crippen molar-refractivity contribution in [3.8, 4) is 0 Å². The van der Waals surface area contributed by atoms with Gasteiger partial charge in [-0.2, -0.15) is 10.5 Å². The number of hydrogen-bond donors (Lipinski definition) is 0. The van der Waals surface area contributed by atoms with Crippen LogP contribution in [0.25, 0.3) is 10.8 Å². The molecule has 0 amide bonds. The van der Waals surface area contributed by atoms with Crippen molar-refractivity contribution in [2.75, 3.05) is 0 Å². The summed E-state index contributed by atoms with van der Waals surface area (Å²) in [6.07, 6.45) is 3.59. The summed E-state index contributed by atoms with van der Waals surface area (Å²) in [5, 5.41) is 6.99. The van der Waals surface area contributed by atoms with Gasteiger partial charge in [0.1, 0.15) is 0 Å². The van der Waals surface area contributed by atoms with E-state index in [2.05, 4.69) is 10.5 Å². The van der Waals surface area contributed by atoms with Gasteiger partial charge in [-0.3, -0.25) is 0 Å². The van der Waals surface area contributed by atoms with Gasteiger partial charge < -0.3 is 0 Å². The Morgan fingerprint density at radius 1 is 0.938 bits per heavy atom. The fourth-order valence-corrected chi connectivity index (χ4v) is 2.09. The van der Waals surface area contributed by atoms with E-state index < -0.39 is 0 Å². The molecule has 0 atom stereocenters. The van der Waals surface area contributed by atoms with Gasteiger partial charge in [0.05, 0.1) is 11.9 Å². The van der Waals surface area contributed by atoms with Crippen molar-refractivity contribution in [2.45, 2.75) is 0 Å². The van der Waals surface area contributed by atoms with E-state index in [1.165, 1.54) is 0 Å². The second kappa shape index (κ2) is 3.65. The van der Waals surface area contributed by atoms with E-state index >= 15 is 0 Å². The zero-order valence-electron chi connectivity index (χ0n) is 8.39. The van der Waals surface area contributed by atoms with Crippen molar-refractivity contribution in [1.82, 2.24) is 5.43 Å². The molecule has 3 heteroatoms. The van der Waals surface area contributed by atoms with Gasteiger partial charge in [0, 0.05) is 16.0 Å². The lowest BCUT2D eigenvalue weighted by Gasteiger charge is -2.06. The average molecular weight is 228 g/mol. The van der Waals surface area contributed by atoms with Gasteiger partial charge in [-0.1, -0.05) is 41.9 Å². The summed E-state index contributed by atoms with van der Waals surface area (Å²) in [7, 11) is 0. The number of hydrogen-bond acceptors (Lipinski definition) is 1. The highest BCUT2D eigenvalue weighted by Gasteiger charge is 2.10. The minimum Gasteiger partial charge on any atom is -0.158 e. The van der Waals surface area contributed by atoms with Crippen LogP contribution in [0, 0.1) is 0 Å². The Balaban J connectivity index is 2.34. The van der Waals surface area contributed by atoms with Crippen LogP contribution in [0.5, 0.6) is 0 Å². The van der Waals surface area contributed by atoms with Crippen molar-refractivity contribution in [1.29, 1.82) is 0 Å². The third-order valence-electron chi connectivity index (χ3n) is 2.61. The standard InChI is InChI=1S/C13H8ClN2/c14-12-6-5-11(13-7-8-15-16-13)9-3-1-2-4-10(9)12/h1-8H. The summed E-state index contributed by atoms with van der Waals surface area (Å²) in [6, 6.07) is 11.9. The fraction of sp³-hybridized carbons (Fsp3) is 0. The lowest BCUT2D eigenvalue weighted by molar-refractivity contribution is 0.972. The lowest BCUT2D eigenvalue weighted by Crippen LogP contribution is -1.96. The molecule has 16 heavy (non-hydrogen) atoms. The number of fused-ring (bicyclic) bond motifs is 1. The Bertz CT molecular complexity index is 614. The van der Waals surface area contributed by atoms with E-state index in [9.17, 15) is 0 Å². The Hall–Kier alpha value is -1.80. The Labute approximate surface area is 98.2 Å². The molecule has 3 rings (SSSR count). The van der Waals surface area contributed by atoms with Gasteiger partial charge in [-0.25, -0.2) is 0 Å². The smallest absolute Gasteiger partial charge is 0.0951 e. The number of rotatable bonds is 1. The molecule has 2 aromatic rings. The minimum absolute atomic E-state index is 0.763. The van der Waals surface area contributed by atoms with E-state index in [-0.39, 0.29) is 0 Å². The number of allylic oxidation sites excluding steroid dienone is 1. The lowest BCUT2D eigenvalue weighted by atomic mass is 10.0. The average Bonchev–Trinajstić information content (AvgIpc) is 2.83. The Morgan fingerprint density at radius 2 is 1.75 bits per heavy atom. The summed E-state index contributed by atoms with van der Waals surface area (Å²) < 4.78 is 0. The van der Waals surface area contributed by atoms with Crippen LogP contribution in [-0.4, -0.2) is 5.71 Å². The highest BCUT2D eigenvalue weighted by Crippen LogP contribution is 2.27. The van der Waals surface area contributed by atoms with E-state index in [0.29, 0.717) is 0 Å². The monoisotopic (exact) mass is 227 g/mol. The SMILES string of the molecule is Clc1ccc(C2=N[N]C=C2)c2ccccc12. The van der Waals surface area contributed by atoms with Crippen LogP contribution in [0.4, 0.5) is 0 Å². The van der Waals surface area contributed by atoms with Crippen LogP contribution in [-0.2, 0) is 0 Å². The predicted molar refractivity (Wildman–Crippen MR) is 66.8 cm³/mol. The maximum Gasteiger partial charge on any atom is 0.0951 e. The summed E-state index contributed by atoms with van der Waals surface area (Å²) in [4.78, 5) is 0. The molecule has 0 saturated heterocycles. The quantitative estimate of drug-likeness (QED) is 0.715. The number of halogens is 1. The second-order valence-electron chi connectivity index (χ2n) is 3.56. The van der Waals surface area contributed by atoms with E-state index in [1.807, 2.05) is 42.5 Å². The van der Waals surface area contributed by atoms with Crippen LogP contribution in [0.1, 0.15) is 5.56 Å². The molecule has 2 aromatic carbocycles. The number of benzene rings is 2. The first kappa shape index (κ1) is 9.43. The first-order chi connectivity index (χ1) is 7.86. The molecule has 0 N–H and O–H groups in total. The Morgan fingerprint density at radius 3 is 2.50 bits per heavy atom. The van der Waals surface area contributed by atoms with Gasteiger partial charge in [0.15, 0.2) is 0 Å². The number of nitrogens with zero attached hydrogens (tertiary/aromatic N) is 2. The summed E-state index contributed by atoms with van der Waals surface area (Å²) in [5.74, 6) is 0. The van der Waals surface area contributed by atoms with Crippen LogP contribution in [0.3, 0.4) is 0 Å². The van der Waals surface area contributed by atoms with E-state index in [4.69, 9.17) is 11.6 Å². The fourth-order valence-electron chi connectivity index (χ4n) is 1.86. The third-order valence-corrected chi connectivity index (χ3v) is 2.94. The second-order valence-corrected chi connectivity index (χ2v) is 3.96. The van der Waals surface area contributed by atoms with Gasteiger partial charge in [0.2, 0.25) is 0 Å². The largest absolute Gasteiger partial charge is 0.158 e. The van der Waals surface area contributed by atoms with Gasteiger partial charge in [-0.05, 0) is 17.5 Å². The highest BCUT2D eigenvalue weighted by molar-refractivity contribution is 6.36. The normalized spacial score (nSPS) is 13.9. The molecule has 0 fully saturated rings. The van der Waals surface area contributed by atoms with Crippen molar-refractivity contribution < 1.29 is 0 Å². The molecule has 0 aromatic heterocycles. The summed E-state index contributed by atoms with van der Waals surface area (Å²) >= 11 is 6.15. The summed E-state index contributed by atoms with van der Waals surface area (Å²) in [6.45, 7) is 0. The van der Waals surface area contributed by atoms with Crippen molar-refractivity contribution in [3.05, 3.63) is 59.3 Å². The molecular weight excluding hydrogens is 220 g/mol. The molecule has 1 aliphatic heterocycles. The predicted octanol–water partition coefficient (Wildman–Crippen LogP) is 3.33. The topological polar surface area (TPSA) is 26.5 Å². The molecular formula is C13H8ClN2. The van der Waals surface area contributed by atoms with Crippen LogP contribution in [0.15, 0.2) is 53.8 Å². The summed E-state index contributed by atoms with van der Waals surface area (Å²) in [5.41, 5.74) is 5.79. The van der Waals surface area contributed by atoms with Crippen molar-refractivity contribution in [2.24, 2.45) is 5.10 Å². The zero-order chi connectivity index (χ0) is 11.0. The molecule has 0 saturated carbocycles. The molecule has 1 radical (unpaired) electrons. The van der Waals surface area contributed by atoms with Crippen molar-refractivity contribution >= 4 is 28.1 Å². The van der Waals surface area contributed by atoms with Crippen LogP contribution >= 0.6 is 11.6 Å². The van der Waals surface area contributed by atoms with Crippen LogP contribution < -0.4 is 5.43 Å². The van der Waals surface area contributed by atoms with Crippen molar-refractivity contribution in [3.63, 3.8) is 0 Å². The van der Waals surface area contributed by atoms with E-state index in [1.54, 1.807) is 6.20 Å². The first-order valence-corrected chi connectivity index (χ1v) is 5.36.